The van der Waals surface area contributed by atoms with Gasteiger partial charge in [0.2, 0.25) is 0 Å². The standard InChI is InChI=1S/C6H6O3.Bi.3H/c7-3-5-1-2-6(4-8)9-5;;;;/h1-3,8H,4H2;;;;. The molecule has 0 bridgehead atoms. The van der Waals surface area contributed by atoms with Gasteiger partial charge in [-0.2, -0.15) is 0 Å². The SMILES string of the molecule is O=Cc1ccc(CO)o1.[BiH3]. The van der Waals surface area contributed by atoms with Crippen LogP contribution in [0.1, 0.15) is 16.3 Å². The van der Waals surface area contributed by atoms with Crippen molar-refractivity contribution in [3.05, 3.63) is 23.7 Å². The van der Waals surface area contributed by atoms with Crippen LogP contribution in [0, 0.1) is 0 Å². The molecule has 1 N–H and O–H groups in total. The molecule has 0 fully saturated rings. The second-order valence-electron chi connectivity index (χ2n) is 1.58. The van der Waals surface area contributed by atoms with Crippen LogP contribution in [0.3, 0.4) is 0 Å². The number of aliphatic hydroxyl groups is 1. The molecule has 1 heterocycles. The molecule has 1 aromatic rings. The molecule has 0 aliphatic carbocycles. The Morgan fingerprint density at radius 2 is 2.30 bits per heavy atom. The zero-order valence-electron chi connectivity index (χ0n) is 5.41. The average Bonchev–Trinajstić information content (AvgIpc) is 2.34. The van der Waals surface area contributed by atoms with Crippen molar-refractivity contribution in [3.63, 3.8) is 0 Å². The third kappa shape index (κ3) is 2.20. The average molecular weight is 338 g/mol. The third-order valence-corrected chi connectivity index (χ3v) is 0.954. The van der Waals surface area contributed by atoms with Crippen molar-refractivity contribution >= 4 is 32.5 Å². The first kappa shape index (κ1) is 9.79. The molecule has 56 valence electrons. The fourth-order valence-corrected chi connectivity index (χ4v) is 0.543. The van der Waals surface area contributed by atoms with Gasteiger partial charge in [-0.1, -0.05) is 0 Å². The first-order valence-electron chi connectivity index (χ1n) is 2.51. The van der Waals surface area contributed by atoms with Crippen molar-refractivity contribution in [1.29, 1.82) is 0 Å². The molecule has 0 saturated carbocycles. The summed E-state index contributed by atoms with van der Waals surface area (Å²) >= 11 is 0. The molecular weight excluding hydrogens is 329 g/mol. The van der Waals surface area contributed by atoms with E-state index < -0.39 is 0 Å². The first-order chi connectivity index (χ1) is 4.36. The Hall–Kier alpha value is -0.207. The van der Waals surface area contributed by atoms with Crippen LogP contribution in [0.4, 0.5) is 0 Å². The summed E-state index contributed by atoms with van der Waals surface area (Å²) in [7, 11) is 0. The van der Waals surface area contributed by atoms with Crippen LogP contribution in [0.2, 0.25) is 0 Å². The molecule has 0 unspecified atom stereocenters. The minimum atomic E-state index is -0.159. The Balaban J connectivity index is 0.000000810. The zero-order chi connectivity index (χ0) is 6.69. The normalized spacial score (nSPS) is 8.50. The van der Waals surface area contributed by atoms with Crippen molar-refractivity contribution in [2.24, 2.45) is 0 Å². The Kier molecular flexibility index (Phi) is 4.49. The maximum atomic E-state index is 9.96. The number of furan rings is 1. The molecule has 0 saturated heterocycles. The number of aldehydes is 1. The van der Waals surface area contributed by atoms with Gasteiger partial charge in [0.15, 0.2) is 12.0 Å². The fraction of sp³-hybridized carbons (Fsp3) is 0.167. The van der Waals surface area contributed by atoms with Crippen LogP contribution in [-0.2, 0) is 6.61 Å². The number of hydrogen-bond donors (Lipinski definition) is 1. The molecule has 0 spiro atoms. The van der Waals surface area contributed by atoms with Gasteiger partial charge in [-0.3, -0.25) is 4.79 Å². The number of rotatable bonds is 2. The van der Waals surface area contributed by atoms with E-state index in [4.69, 9.17) is 9.52 Å². The van der Waals surface area contributed by atoms with E-state index in [0.29, 0.717) is 12.0 Å². The van der Waals surface area contributed by atoms with Gasteiger partial charge < -0.3 is 9.52 Å². The molecule has 0 radical (unpaired) electrons. The van der Waals surface area contributed by atoms with Gasteiger partial charge in [0.1, 0.15) is 12.4 Å². The van der Waals surface area contributed by atoms with Crippen molar-refractivity contribution < 1.29 is 14.3 Å². The summed E-state index contributed by atoms with van der Waals surface area (Å²) in [4.78, 5) is 9.96. The van der Waals surface area contributed by atoms with Crippen molar-refractivity contribution in [3.8, 4) is 0 Å². The number of carbonyl (C=O) groups is 1. The Bertz CT molecular complexity index is 207. The monoisotopic (exact) mass is 338 g/mol. The Morgan fingerprint density at radius 1 is 1.60 bits per heavy atom. The minimum absolute atomic E-state index is 0. The molecular formula is C6H9BiO3. The number of carbonyl (C=O) groups excluding carboxylic acids is 1. The molecule has 1 rings (SSSR count). The van der Waals surface area contributed by atoms with Crippen LogP contribution < -0.4 is 0 Å². The van der Waals surface area contributed by atoms with Crippen LogP contribution in [0.15, 0.2) is 16.5 Å². The van der Waals surface area contributed by atoms with Crippen LogP contribution >= 0.6 is 0 Å². The third-order valence-electron chi connectivity index (χ3n) is 0.954. The molecule has 0 aromatic carbocycles. The predicted octanol–water partition coefficient (Wildman–Crippen LogP) is -0.599. The maximum absolute atomic E-state index is 9.96. The summed E-state index contributed by atoms with van der Waals surface area (Å²) in [5, 5.41) is 8.44. The van der Waals surface area contributed by atoms with E-state index in [0.717, 1.165) is 0 Å². The quantitative estimate of drug-likeness (QED) is 0.579. The Labute approximate surface area is 77.2 Å². The van der Waals surface area contributed by atoms with Crippen LogP contribution in [-0.4, -0.2) is 37.6 Å². The molecule has 0 aliphatic heterocycles. The fourth-order valence-electron chi connectivity index (χ4n) is 0.543. The number of hydrogen-bond acceptors (Lipinski definition) is 3. The molecule has 10 heavy (non-hydrogen) atoms. The summed E-state index contributed by atoms with van der Waals surface area (Å²) in [5.74, 6) is 0.663. The van der Waals surface area contributed by atoms with Gasteiger partial charge in [0.25, 0.3) is 0 Å². The topological polar surface area (TPSA) is 50.4 Å². The van der Waals surface area contributed by atoms with E-state index in [9.17, 15) is 4.79 Å². The predicted molar refractivity (Wildman–Crippen MR) is 40.0 cm³/mol. The molecule has 0 atom stereocenters. The van der Waals surface area contributed by atoms with E-state index >= 15 is 0 Å². The summed E-state index contributed by atoms with van der Waals surface area (Å²) in [6.45, 7) is -0.159. The van der Waals surface area contributed by atoms with Crippen molar-refractivity contribution in [1.82, 2.24) is 0 Å². The second-order valence-corrected chi connectivity index (χ2v) is 1.58. The van der Waals surface area contributed by atoms with E-state index in [1.165, 1.54) is 6.07 Å². The van der Waals surface area contributed by atoms with Gasteiger partial charge >= 0.3 is 26.2 Å². The first-order valence-corrected chi connectivity index (χ1v) is 2.51. The van der Waals surface area contributed by atoms with Crippen LogP contribution in [0.5, 0.6) is 0 Å². The summed E-state index contributed by atoms with van der Waals surface area (Å²) in [6.07, 6.45) is 0.596. The van der Waals surface area contributed by atoms with E-state index in [1.54, 1.807) is 6.07 Å². The van der Waals surface area contributed by atoms with Gasteiger partial charge in [-0.05, 0) is 12.1 Å². The van der Waals surface area contributed by atoms with Gasteiger partial charge in [0.05, 0.1) is 0 Å². The molecule has 1 aromatic heterocycles. The van der Waals surface area contributed by atoms with E-state index in [1.807, 2.05) is 0 Å². The number of aliphatic hydroxyl groups excluding tert-OH is 1. The Morgan fingerprint density at radius 3 is 2.60 bits per heavy atom. The summed E-state index contributed by atoms with van der Waals surface area (Å²) in [6, 6.07) is 3.07. The summed E-state index contributed by atoms with van der Waals surface area (Å²) < 4.78 is 4.76. The molecule has 0 aliphatic rings. The van der Waals surface area contributed by atoms with Gasteiger partial charge in [-0.25, -0.2) is 0 Å². The van der Waals surface area contributed by atoms with Crippen LogP contribution in [0.25, 0.3) is 0 Å². The van der Waals surface area contributed by atoms with Crippen molar-refractivity contribution in [2.75, 3.05) is 0 Å². The van der Waals surface area contributed by atoms with Gasteiger partial charge in [0, 0.05) is 0 Å². The van der Waals surface area contributed by atoms with E-state index in [2.05, 4.69) is 0 Å². The van der Waals surface area contributed by atoms with E-state index in [-0.39, 0.29) is 38.6 Å². The molecule has 3 nitrogen and oxygen atoms in total. The zero-order valence-corrected chi connectivity index (χ0v) is 10.9. The van der Waals surface area contributed by atoms with Crippen molar-refractivity contribution in [2.45, 2.75) is 6.61 Å². The van der Waals surface area contributed by atoms with Gasteiger partial charge in [-0.15, -0.1) is 0 Å². The second kappa shape index (κ2) is 4.58. The molecule has 0 amide bonds. The molecule has 4 heteroatoms. The summed E-state index contributed by atoms with van der Waals surface area (Å²) in [5.41, 5.74) is 0.